The topological polar surface area (TPSA) is 24.5 Å². The molecule has 0 amide bonds. The predicted molar refractivity (Wildman–Crippen MR) is 70.2 cm³/mol. The van der Waals surface area contributed by atoms with Gasteiger partial charge in [0.1, 0.15) is 0 Å². The number of hydrogen-bond acceptors (Lipinski definition) is 4. The molecule has 4 heteroatoms. The van der Waals surface area contributed by atoms with Crippen LogP contribution in [0.2, 0.25) is 0 Å². The van der Waals surface area contributed by atoms with Crippen molar-refractivity contribution in [2.45, 2.75) is 18.9 Å². The molecule has 2 atom stereocenters. The first-order chi connectivity index (χ1) is 7.90. The molecule has 0 saturated carbocycles. The number of ether oxygens (including phenoxy) is 1. The minimum Gasteiger partial charge on any atom is -0.381 e. The summed E-state index contributed by atoms with van der Waals surface area (Å²) in [6.07, 6.45) is 2.52. The molecule has 0 radical (unpaired) electrons. The summed E-state index contributed by atoms with van der Waals surface area (Å²) in [5, 5.41) is 3.45. The van der Waals surface area contributed by atoms with E-state index in [1.165, 1.54) is 44.0 Å². The Bertz CT molecular complexity index is 195. The van der Waals surface area contributed by atoms with Crippen LogP contribution in [-0.2, 0) is 4.74 Å². The van der Waals surface area contributed by atoms with E-state index in [9.17, 15) is 0 Å². The van der Waals surface area contributed by atoms with Gasteiger partial charge in [0.05, 0.1) is 6.61 Å². The van der Waals surface area contributed by atoms with Gasteiger partial charge in [0, 0.05) is 37.4 Å². The lowest BCUT2D eigenvalue weighted by Crippen LogP contribution is -2.47. The number of hydrogen-bond donors (Lipinski definition) is 1. The zero-order valence-corrected chi connectivity index (χ0v) is 11.1. The number of thioether (sulfide) groups is 1. The number of nitrogens with one attached hydrogen (secondary N) is 1. The molecule has 0 spiro atoms. The average molecular weight is 244 g/mol. The van der Waals surface area contributed by atoms with Crippen molar-refractivity contribution in [3.8, 4) is 0 Å². The monoisotopic (exact) mass is 244 g/mol. The molecule has 2 aliphatic heterocycles. The molecular formula is C12H24N2OS. The minimum atomic E-state index is 0.657. The first-order valence-electron chi connectivity index (χ1n) is 6.45. The normalized spacial score (nSPS) is 33.6. The van der Waals surface area contributed by atoms with Gasteiger partial charge in [-0.1, -0.05) is 0 Å². The van der Waals surface area contributed by atoms with Gasteiger partial charge < -0.3 is 15.0 Å². The fourth-order valence-electron chi connectivity index (χ4n) is 2.67. The summed E-state index contributed by atoms with van der Waals surface area (Å²) in [6, 6.07) is 0.657. The molecule has 1 N–H and O–H groups in total. The van der Waals surface area contributed by atoms with E-state index in [4.69, 9.17) is 4.74 Å². The molecule has 0 aliphatic carbocycles. The first kappa shape index (κ1) is 12.7. The van der Waals surface area contributed by atoms with Crippen molar-refractivity contribution in [2.24, 2.45) is 5.92 Å². The molecule has 3 nitrogen and oxygen atoms in total. The molecule has 0 aromatic rings. The third kappa shape index (κ3) is 3.62. The second-order valence-electron chi connectivity index (χ2n) is 4.79. The van der Waals surface area contributed by atoms with Crippen molar-refractivity contribution in [3.63, 3.8) is 0 Å². The quantitative estimate of drug-likeness (QED) is 0.802. The van der Waals surface area contributed by atoms with Crippen LogP contribution in [-0.4, -0.2) is 62.3 Å². The van der Waals surface area contributed by atoms with Crippen molar-refractivity contribution in [1.82, 2.24) is 10.2 Å². The fourth-order valence-corrected chi connectivity index (χ4v) is 3.59. The standard InChI is InChI=1S/C12H24N2OS/c1-13-12-3-6-15-10-11(12)9-14-4-2-7-16-8-5-14/h11-13H,2-10H2,1H3. The zero-order chi connectivity index (χ0) is 11.2. The second kappa shape index (κ2) is 6.84. The maximum atomic E-state index is 5.62. The van der Waals surface area contributed by atoms with Gasteiger partial charge in [-0.25, -0.2) is 0 Å². The van der Waals surface area contributed by atoms with Gasteiger partial charge in [-0.3, -0.25) is 0 Å². The van der Waals surface area contributed by atoms with E-state index >= 15 is 0 Å². The average Bonchev–Trinajstić information content (AvgIpc) is 2.58. The van der Waals surface area contributed by atoms with Crippen LogP contribution in [0.5, 0.6) is 0 Å². The summed E-state index contributed by atoms with van der Waals surface area (Å²) in [5.41, 5.74) is 0. The Morgan fingerprint density at radius 1 is 1.38 bits per heavy atom. The van der Waals surface area contributed by atoms with Gasteiger partial charge in [-0.05, 0) is 32.2 Å². The van der Waals surface area contributed by atoms with Gasteiger partial charge in [-0.2, -0.15) is 11.8 Å². The van der Waals surface area contributed by atoms with Crippen LogP contribution in [0.15, 0.2) is 0 Å². The molecule has 0 aromatic heterocycles. The number of nitrogens with zero attached hydrogens (tertiary/aromatic N) is 1. The maximum absolute atomic E-state index is 5.62. The molecule has 0 aromatic carbocycles. The summed E-state index contributed by atoms with van der Waals surface area (Å²) < 4.78 is 5.62. The highest BCUT2D eigenvalue weighted by Gasteiger charge is 2.26. The summed E-state index contributed by atoms with van der Waals surface area (Å²) in [7, 11) is 2.08. The molecule has 2 heterocycles. The Kier molecular flexibility index (Phi) is 5.42. The molecule has 2 rings (SSSR count). The van der Waals surface area contributed by atoms with Gasteiger partial charge in [0.2, 0.25) is 0 Å². The first-order valence-corrected chi connectivity index (χ1v) is 7.60. The third-order valence-corrected chi connectivity index (χ3v) is 4.70. The lowest BCUT2D eigenvalue weighted by molar-refractivity contribution is 0.0194. The van der Waals surface area contributed by atoms with Crippen LogP contribution in [0.1, 0.15) is 12.8 Å². The van der Waals surface area contributed by atoms with Crippen LogP contribution in [0.4, 0.5) is 0 Å². The van der Waals surface area contributed by atoms with Crippen molar-refractivity contribution < 1.29 is 4.74 Å². The Hall–Kier alpha value is 0.230. The summed E-state index contributed by atoms with van der Waals surface area (Å²) in [5.74, 6) is 3.33. The zero-order valence-electron chi connectivity index (χ0n) is 10.3. The van der Waals surface area contributed by atoms with Gasteiger partial charge in [0.25, 0.3) is 0 Å². The predicted octanol–water partition coefficient (Wildman–Crippen LogP) is 1.05. The molecule has 2 aliphatic rings. The summed E-state index contributed by atoms with van der Waals surface area (Å²) >= 11 is 2.10. The van der Waals surface area contributed by atoms with E-state index in [0.29, 0.717) is 12.0 Å². The van der Waals surface area contributed by atoms with Crippen molar-refractivity contribution >= 4 is 11.8 Å². The maximum Gasteiger partial charge on any atom is 0.0521 e. The van der Waals surface area contributed by atoms with E-state index in [-0.39, 0.29) is 0 Å². The highest BCUT2D eigenvalue weighted by atomic mass is 32.2. The lowest BCUT2D eigenvalue weighted by Gasteiger charge is -2.34. The second-order valence-corrected chi connectivity index (χ2v) is 6.01. The van der Waals surface area contributed by atoms with Crippen LogP contribution >= 0.6 is 11.8 Å². The van der Waals surface area contributed by atoms with E-state index < -0.39 is 0 Å². The Labute approximate surface area is 103 Å². The third-order valence-electron chi connectivity index (χ3n) is 3.65. The Morgan fingerprint density at radius 3 is 3.19 bits per heavy atom. The molecule has 0 bridgehead atoms. The van der Waals surface area contributed by atoms with Crippen LogP contribution in [0.3, 0.4) is 0 Å². The van der Waals surface area contributed by atoms with Crippen LogP contribution < -0.4 is 5.32 Å². The van der Waals surface area contributed by atoms with Gasteiger partial charge in [0.15, 0.2) is 0 Å². The van der Waals surface area contributed by atoms with E-state index in [1.54, 1.807) is 0 Å². The largest absolute Gasteiger partial charge is 0.381 e. The summed E-state index contributed by atoms with van der Waals surface area (Å²) in [6.45, 7) is 5.62. The molecule has 2 unspecified atom stereocenters. The smallest absolute Gasteiger partial charge is 0.0521 e. The Balaban J connectivity index is 1.81. The minimum absolute atomic E-state index is 0.657. The van der Waals surface area contributed by atoms with Crippen molar-refractivity contribution in [2.75, 3.05) is 51.4 Å². The number of rotatable bonds is 3. The highest BCUT2D eigenvalue weighted by molar-refractivity contribution is 7.99. The molecule has 2 fully saturated rings. The lowest BCUT2D eigenvalue weighted by atomic mass is 9.95. The van der Waals surface area contributed by atoms with Crippen molar-refractivity contribution in [3.05, 3.63) is 0 Å². The molecular weight excluding hydrogens is 220 g/mol. The SMILES string of the molecule is CNC1CCOCC1CN1CCCSCC1. The fraction of sp³-hybridized carbons (Fsp3) is 1.00. The van der Waals surface area contributed by atoms with E-state index in [2.05, 4.69) is 29.0 Å². The van der Waals surface area contributed by atoms with E-state index in [1.807, 2.05) is 0 Å². The molecule has 2 saturated heterocycles. The van der Waals surface area contributed by atoms with Gasteiger partial charge in [-0.15, -0.1) is 0 Å². The van der Waals surface area contributed by atoms with Gasteiger partial charge >= 0.3 is 0 Å². The summed E-state index contributed by atoms with van der Waals surface area (Å²) in [4.78, 5) is 2.63. The van der Waals surface area contributed by atoms with E-state index in [0.717, 1.165) is 13.2 Å². The van der Waals surface area contributed by atoms with Crippen molar-refractivity contribution in [1.29, 1.82) is 0 Å². The molecule has 16 heavy (non-hydrogen) atoms. The Morgan fingerprint density at radius 2 is 2.31 bits per heavy atom. The van der Waals surface area contributed by atoms with Crippen LogP contribution in [0.25, 0.3) is 0 Å². The highest BCUT2D eigenvalue weighted by Crippen LogP contribution is 2.18. The molecule has 94 valence electrons. The van der Waals surface area contributed by atoms with Crippen LogP contribution in [0, 0.1) is 5.92 Å².